The average Bonchev–Trinajstić information content (AvgIpc) is 2.64. The van der Waals surface area contributed by atoms with Crippen LogP contribution >= 0.6 is 11.6 Å². The molecule has 1 aromatic heterocycles. The van der Waals surface area contributed by atoms with Gasteiger partial charge in [-0.1, -0.05) is 41.9 Å². The SMILES string of the molecule is CC(Oc1ccccc1)(C(=O)Nc1cccnc1)c1ccc(Cl)cc1. The van der Waals surface area contributed by atoms with Crippen molar-refractivity contribution in [2.24, 2.45) is 0 Å². The predicted octanol–water partition coefficient (Wildman–Crippen LogP) is 4.67. The molecule has 5 heteroatoms. The first-order valence-corrected chi connectivity index (χ1v) is 8.17. The van der Waals surface area contributed by atoms with Crippen molar-refractivity contribution in [1.29, 1.82) is 0 Å². The van der Waals surface area contributed by atoms with Gasteiger partial charge in [-0.05, 0) is 43.3 Å². The number of halogens is 1. The standard InChI is InChI=1S/C20H17ClN2O2/c1-20(15-9-11-16(21)12-10-15,25-18-7-3-2-4-8-18)19(24)23-17-6-5-13-22-14-17/h2-14H,1H3,(H,23,24). The number of hydrogen-bond acceptors (Lipinski definition) is 3. The van der Waals surface area contributed by atoms with Gasteiger partial charge >= 0.3 is 0 Å². The van der Waals surface area contributed by atoms with Gasteiger partial charge in [0, 0.05) is 16.8 Å². The van der Waals surface area contributed by atoms with E-state index in [1.807, 2.05) is 30.3 Å². The molecular formula is C20H17ClN2O2. The van der Waals surface area contributed by atoms with Gasteiger partial charge < -0.3 is 10.1 Å². The molecule has 3 rings (SSSR count). The van der Waals surface area contributed by atoms with Crippen molar-refractivity contribution in [3.63, 3.8) is 0 Å². The molecule has 0 fully saturated rings. The summed E-state index contributed by atoms with van der Waals surface area (Å²) < 4.78 is 6.09. The third-order valence-corrected chi connectivity index (χ3v) is 4.06. The minimum absolute atomic E-state index is 0.299. The summed E-state index contributed by atoms with van der Waals surface area (Å²) in [4.78, 5) is 17.0. The second-order valence-corrected chi connectivity index (χ2v) is 6.09. The van der Waals surface area contributed by atoms with Gasteiger partial charge in [0.05, 0.1) is 11.9 Å². The highest BCUT2D eigenvalue weighted by Gasteiger charge is 2.38. The zero-order valence-corrected chi connectivity index (χ0v) is 14.4. The molecule has 0 aliphatic heterocycles. The Kier molecular flexibility index (Phi) is 5.00. The summed E-state index contributed by atoms with van der Waals surface area (Å²) in [7, 11) is 0. The number of nitrogens with zero attached hydrogens (tertiary/aromatic N) is 1. The first kappa shape index (κ1) is 17.0. The summed E-state index contributed by atoms with van der Waals surface area (Å²) in [6, 6.07) is 19.8. The molecule has 126 valence electrons. The zero-order valence-electron chi connectivity index (χ0n) is 13.6. The lowest BCUT2D eigenvalue weighted by atomic mass is 9.94. The fraction of sp³-hybridized carbons (Fsp3) is 0.100. The Labute approximate surface area is 151 Å². The van der Waals surface area contributed by atoms with Gasteiger partial charge in [-0.15, -0.1) is 0 Å². The normalized spacial score (nSPS) is 12.9. The Hall–Kier alpha value is -2.85. The van der Waals surface area contributed by atoms with Crippen LogP contribution in [0.5, 0.6) is 5.75 Å². The maximum absolute atomic E-state index is 13.0. The van der Waals surface area contributed by atoms with Gasteiger partial charge in [-0.3, -0.25) is 9.78 Å². The summed E-state index contributed by atoms with van der Waals surface area (Å²) >= 11 is 5.98. The van der Waals surface area contributed by atoms with Gasteiger partial charge in [-0.2, -0.15) is 0 Å². The van der Waals surface area contributed by atoms with Crippen LogP contribution in [0.2, 0.25) is 5.02 Å². The molecule has 0 radical (unpaired) electrons. The molecule has 0 spiro atoms. The molecular weight excluding hydrogens is 336 g/mol. The number of carbonyl (C=O) groups excluding carboxylic acids is 1. The second kappa shape index (κ2) is 7.36. The number of nitrogens with one attached hydrogen (secondary N) is 1. The van der Waals surface area contributed by atoms with Gasteiger partial charge in [0.25, 0.3) is 5.91 Å². The van der Waals surface area contributed by atoms with Gasteiger partial charge in [-0.25, -0.2) is 0 Å². The number of pyridine rings is 1. The molecule has 25 heavy (non-hydrogen) atoms. The molecule has 2 aromatic carbocycles. The van der Waals surface area contributed by atoms with E-state index in [-0.39, 0.29) is 5.91 Å². The molecule has 0 saturated heterocycles. The van der Waals surface area contributed by atoms with Crippen molar-refractivity contribution in [2.75, 3.05) is 5.32 Å². The summed E-state index contributed by atoms with van der Waals surface area (Å²) in [6.45, 7) is 1.73. The lowest BCUT2D eigenvalue weighted by molar-refractivity contribution is -0.130. The van der Waals surface area contributed by atoms with Crippen LogP contribution in [-0.4, -0.2) is 10.9 Å². The Balaban J connectivity index is 1.95. The second-order valence-electron chi connectivity index (χ2n) is 5.65. The summed E-state index contributed by atoms with van der Waals surface area (Å²) in [5.74, 6) is 0.299. The molecule has 0 bridgehead atoms. The first-order valence-electron chi connectivity index (χ1n) is 7.79. The maximum Gasteiger partial charge on any atom is 0.273 e. The summed E-state index contributed by atoms with van der Waals surface area (Å²) in [6.07, 6.45) is 3.23. The average molecular weight is 353 g/mol. The highest BCUT2D eigenvalue weighted by atomic mass is 35.5. The van der Waals surface area contributed by atoms with Crippen LogP contribution in [0.3, 0.4) is 0 Å². The third kappa shape index (κ3) is 3.98. The molecule has 1 heterocycles. The molecule has 1 atom stereocenters. The number of para-hydroxylation sites is 1. The van der Waals surface area contributed by atoms with Crippen molar-refractivity contribution in [2.45, 2.75) is 12.5 Å². The fourth-order valence-electron chi connectivity index (χ4n) is 2.42. The Bertz CT molecular complexity index is 839. The molecule has 1 N–H and O–H groups in total. The number of hydrogen-bond donors (Lipinski definition) is 1. The van der Waals surface area contributed by atoms with Crippen LogP contribution in [-0.2, 0) is 10.4 Å². The Morgan fingerprint density at radius 3 is 2.40 bits per heavy atom. The summed E-state index contributed by atoms with van der Waals surface area (Å²) in [5.41, 5.74) is 0.0633. The molecule has 0 aliphatic rings. The Morgan fingerprint density at radius 2 is 1.76 bits per heavy atom. The number of amides is 1. The highest BCUT2D eigenvalue weighted by molar-refractivity contribution is 6.30. The number of aromatic nitrogens is 1. The van der Waals surface area contributed by atoms with Crippen LogP contribution in [0.25, 0.3) is 0 Å². The van der Waals surface area contributed by atoms with E-state index in [4.69, 9.17) is 16.3 Å². The van der Waals surface area contributed by atoms with Gasteiger partial charge in [0.2, 0.25) is 5.60 Å². The number of rotatable bonds is 5. The van der Waals surface area contributed by atoms with Crippen molar-refractivity contribution < 1.29 is 9.53 Å². The van der Waals surface area contributed by atoms with Crippen molar-refractivity contribution in [1.82, 2.24) is 4.98 Å². The van der Waals surface area contributed by atoms with Crippen molar-refractivity contribution in [3.8, 4) is 5.75 Å². The van der Waals surface area contributed by atoms with Gasteiger partial charge in [0.15, 0.2) is 0 Å². The number of anilines is 1. The fourth-order valence-corrected chi connectivity index (χ4v) is 2.54. The monoisotopic (exact) mass is 352 g/mol. The lowest BCUT2D eigenvalue weighted by Crippen LogP contribution is -2.42. The van der Waals surface area contributed by atoms with E-state index < -0.39 is 5.60 Å². The van der Waals surface area contributed by atoms with Crippen LogP contribution in [0, 0.1) is 0 Å². The highest BCUT2D eigenvalue weighted by Crippen LogP contribution is 2.30. The smallest absolute Gasteiger partial charge is 0.273 e. The number of carbonyl (C=O) groups is 1. The van der Waals surface area contributed by atoms with Crippen LogP contribution < -0.4 is 10.1 Å². The molecule has 4 nitrogen and oxygen atoms in total. The zero-order chi connectivity index (χ0) is 17.7. The minimum atomic E-state index is -1.23. The summed E-state index contributed by atoms with van der Waals surface area (Å²) in [5, 5.41) is 3.45. The lowest BCUT2D eigenvalue weighted by Gasteiger charge is -2.30. The number of benzene rings is 2. The van der Waals surface area contributed by atoms with E-state index in [0.717, 1.165) is 0 Å². The predicted molar refractivity (Wildman–Crippen MR) is 98.7 cm³/mol. The van der Waals surface area contributed by atoms with Gasteiger partial charge in [0.1, 0.15) is 5.75 Å². The van der Waals surface area contributed by atoms with E-state index in [2.05, 4.69) is 10.3 Å². The molecule has 0 aliphatic carbocycles. The first-order chi connectivity index (χ1) is 12.1. The maximum atomic E-state index is 13.0. The van der Waals surface area contributed by atoms with Crippen molar-refractivity contribution >= 4 is 23.2 Å². The molecule has 3 aromatic rings. The third-order valence-electron chi connectivity index (χ3n) is 3.81. The molecule has 1 unspecified atom stereocenters. The van der Waals surface area contributed by atoms with Crippen LogP contribution in [0.4, 0.5) is 5.69 Å². The van der Waals surface area contributed by atoms with E-state index in [0.29, 0.717) is 22.0 Å². The largest absolute Gasteiger partial charge is 0.473 e. The minimum Gasteiger partial charge on any atom is -0.473 e. The molecule has 0 saturated carbocycles. The molecule has 1 amide bonds. The van der Waals surface area contributed by atoms with Crippen molar-refractivity contribution in [3.05, 3.63) is 89.7 Å². The van der Waals surface area contributed by atoms with E-state index in [9.17, 15) is 4.79 Å². The van der Waals surface area contributed by atoms with E-state index >= 15 is 0 Å². The quantitative estimate of drug-likeness (QED) is 0.726. The Morgan fingerprint density at radius 1 is 1.04 bits per heavy atom. The topological polar surface area (TPSA) is 51.2 Å². The number of ether oxygens (including phenoxy) is 1. The van der Waals surface area contributed by atoms with E-state index in [1.165, 1.54) is 0 Å². The van der Waals surface area contributed by atoms with E-state index in [1.54, 1.807) is 55.7 Å². The van der Waals surface area contributed by atoms with Crippen LogP contribution in [0.15, 0.2) is 79.1 Å². The van der Waals surface area contributed by atoms with Crippen LogP contribution in [0.1, 0.15) is 12.5 Å².